The zero-order valence-electron chi connectivity index (χ0n) is 17.3. The molecule has 7 heteroatoms. The van der Waals surface area contributed by atoms with Crippen LogP contribution in [-0.4, -0.2) is 63.9 Å². The number of esters is 2. The van der Waals surface area contributed by atoms with Gasteiger partial charge in [0.15, 0.2) is 0 Å². The van der Waals surface area contributed by atoms with E-state index in [0.29, 0.717) is 13.2 Å². The number of nitrogens with zero attached hydrogens (tertiary/aromatic N) is 1. The predicted molar refractivity (Wildman–Crippen MR) is 104 cm³/mol. The lowest BCUT2D eigenvalue weighted by Crippen LogP contribution is -2.66. The highest BCUT2D eigenvalue weighted by molar-refractivity contribution is 5.85. The van der Waals surface area contributed by atoms with Gasteiger partial charge in [-0.2, -0.15) is 0 Å². The van der Waals surface area contributed by atoms with Crippen molar-refractivity contribution in [1.29, 1.82) is 0 Å². The average molecular weight is 393 g/mol. The number of carbonyl (C=O) groups is 2. The van der Waals surface area contributed by atoms with E-state index in [9.17, 15) is 9.59 Å². The maximum atomic E-state index is 12.4. The molecule has 1 aliphatic rings. The summed E-state index contributed by atoms with van der Waals surface area (Å²) >= 11 is 0. The molecule has 2 rings (SSSR count). The summed E-state index contributed by atoms with van der Waals surface area (Å²) in [5.41, 5.74) is 1.01. The Labute approximate surface area is 166 Å². The Morgan fingerprint density at radius 3 is 2.00 bits per heavy atom. The number of ether oxygens (including phenoxy) is 4. The lowest BCUT2D eigenvalue weighted by atomic mass is 9.60. The summed E-state index contributed by atoms with van der Waals surface area (Å²) < 4.78 is 21.0. The van der Waals surface area contributed by atoms with Gasteiger partial charge in [-0.15, -0.1) is 0 Å². The summed E-state index contributed by atoms with van der Waals surface area (Å²) in [6, 6.07) is 7.53. The molecule has 0 heterocycles. The molecular weight excluding hydrogens is 362 g/mol. The molecule has 0 N–H and O–H groups in total. The van der Waals surface area contributed by atoms with Gasteiger partial charge in [-0.1, -0.05) is 26.0 Å². The van der Waals surface area contributed by atoms with Gasteiger partial charge in [0.1, 0.15) is 5.75 Å². The van der Waals surface area contributed by atoms with E-state index in [2.05, 4.69) is 4.90 Å². The van der Waals surface area contributed by atoms with Gasteiger partial charge in [-0.05, 0) is 30.8 Å². The van der Waals surface area contributed by atoms with Crippen molar-refractivity contribution in [2.24, 2.45) is 17.8 Å². The largest absolute Gasteiger partial charge is 0.497 e. The van der Waals surface area contributed by atoms with Crippen LogP contribution in [0.25, 0.3) is 0 Å². The van der Waals surface area contributed by atoms with Gasteiger partial charge in [-0.3, -0.25) is 14.5 Å². The topological polar surface area (TPSA) is 74.3 Å². The van der Waals surface area contributed by atoms with Gasteiger partial charge in [-0.25, -0.2) is 0 Å². The second kappa shape index (κ2) is 10.4. The van der Waals surface area contributed by atoms with E-state index in [-0.39, 0.29) is 17.9 Å². The van der Waals surface area contributed by atoms with Crippen molar-refractivity contribution in [3.05, 3.63) is 29.8 Å². The van der Waals surface area contributed by atoms with Crippen LogP contribution in [-0.2, 0) is 30.4 Å². The maximum Gasteiger partial charge on any atom is 0.311 e. The second-order valence-electron chi connectivity index (χ2n) is 6.84. The third-order valence-corrected chi connectivity index (χ3v) is 5.57. The SMILES string of the molecule is CCN(CC)[C@H]1[C@H](COCc2ccc(OC)cc2)[C@@H](C(=O)OC)[C@@H]1C(=O)OC. The van der Waals surface area contributed by atoms with Crippen LogP contribution in [0.2, 0.25) is 0 Å². The number of hydrogen-bond donors (Lipinski definition) is 0. The summed E-state index contributed by atoms with van der Waals surface area (Å²) in [4.78, 5) is 26.9. The number of methoxy groups -OCH3 is 3. The van der Waals surface area contributed by atoms with E-state index in [1.165, 1.54) is 14.2 Å². The third-order valence-electron chi connectivity index (χ3n) is 5.57. The molecule has 0 saturated heterocycles. The molecular formula is C21H31NO6. The quantitative estimate of drug-likeness (QED) is 0.564. The lowest BCUT2D eigenvalue weighted by Gasteiger charge is -2.52. The van der Waals surface area contributed by atoms with Crippen LogP contribution in [0, 0.1) is 17.8 Å². The fourth-order valence-corrected chi connectivity index (χ4v) is 4.07. The van der Waals surface area contributed by atoms with Gasteiger partial charge >= 0.3 is 11.9 Å². The Kier molecular flexibility index (Phi) is 8.26. The highest BCUT2D eigenvalue weighted by Gasteiger charge is 2.60. The number of carbonyl (C=O) groups excluding carboxylic acids is 2. The average Bonchev–Trinajstić information content (AvgIpc) is 2.73. The normalized spacial score (nSPS) is 23.8. The van der Waals surface area contributed by atoms with Crippen LogP contribution in [0.5, 0.6) is 5.75 Å². The highest BCUT2D eigenvalue weighted by Crippen LogP contribution is 2.45. The maximum absolute atomic E-state index is 12.4. The van der Waals surface area contributed by atoms with E-state index < -0.39 is 17.8 Å². The molecule has 0 bridgehead atoms. The fraction of sp³-hybridized carbons (Fsp3) is 0.619. The van der Waals surface area contributed by atoms with E-state index >= 15 is 0 Å². The second-order valence-corrected chi connectivity index (χ2v) is 6.84. The molecule has 28 heavy (non-hydrogen) atoms. The summed E-state index contributed by atoms with van der Waals surface area (Å²) in [6.07, 6.45) is 0. The van der Waals surface area contributed by atoms with E-state index in [0.717, 1.165) is 24.4 Å². The Balaban J connectivity index is 2.11. The van der Waals surface area contributed by atoms with Crippen molar-refractivity contribution in [1.82, 2.24) is 4.90 Å². The minimum atomic E-state index is -0.557. The van der Waals surface area contributed by atoms with Crippen molar-refractivity contribution in [3.8, 4) is 5.75 Å². The van der Waals surface area contributed by atoms with Gasteiger partial charge < -0.3 is 18.9 Å². The molecule has 156 valence electrons. The lowest BCUT2D eigenvalue weighted by molar-refractivity contribution is -0.186. The molecule has 1 aromatic carbocycles. The Bertz CT molecular complexity index is 643. The van der Waals surface area contributed by atoms with Crippen LogP contribution >= 0.6 is 0 Å². The van der Waals surface area contributed by atoms with E-state index in [1.807, 2.05) is 38.1 Å². The number of rotatable bonds is 10. The first-order valence-corrected chi connectivity index (χ1v) is 9.62. The van der Waals surface area contributed by atoms with Crippen LogP contribution in [0.4, 0.5) is 0 Å². The van der Waals surface area contributed by atoms with Crippen LogP contribution < -0.4 is 4.74 Å². The molecule has 1 saturated carbocycles. The van der Waals surface area contributed by atoms with Gasteiger partial charge in [0.2, 0.25) is 0 Å². The van der Waals surface area contributed by atoms with Gasteiger partial charge in [0.25, 0.3) is 0 Å². The van der Waals surface area contributed by atoms with E-state index in [1.54, 1.807) is 7.11 Å². The summed E-state index contributed by atoms with van der Waals surface area (Å²) in [7, 11) is 4.32. The fourth-order valence-electron chi connectivity index (χ4n) is 4.07. The first kappa shape index (κ1) is 22.2. The van der Waals surface area contributed by atoms with Crippen LogP contribution in [0.15, 0.2) is 24.3 Å². The summed E-state index contributed by atoms with van der Waals surface area (Å²) in [6.45, 7) is 6.41. The first-order valence-electron chi connectivity index (χ1n) is 9.62. The molecule has 0 radical (unpaired) electrons. The van der Waals surface area contributed by atoms with Crippen LogP contribution in [0.3, 0.4) is 0 Å². The highest BCUT2D eigenvalue weighted by atomic mass is 16.5. The summed E-state index contributed by atoms with van der Waals surface area (Å²) in [5.74, 6) is -1.20. The van der Waals surface area contributed by atoms with Crippen molar-refractivity contribution in [3.63, 3.8) is 0 Å². The number of hydrogen-bond acceptors (Lipinski definition) is 7. The molecule has 1 fully saturated rings. The Morgan fingerprint density at radius 2 is 1.50 bits per heavy atom. The standard InChI is InChI=1S/C21H31NO6/c1-6-22(7-2)19-16(17(20(23)26-4)18(19)21(24)27-5)13-28-12-14-8-10-15(25-3)11-9-14/h8-11,16-19H,6-7,12-13H2,1-5H3/t16-,17-,18+,19+/m1/s1. The molecule has 1 aromatic rings. The molecule has 4 atom stereocenters. The van der Waals surface area contributed by atoms with Crippen molar-refractivity contribution in [2.75, 3.05) is 41.0 Å². The zero-order valence-corrected chi connectivity index (χ0v) is 17.3. The molecule has 1 aliphatic carbocycles. The van der Waals surface area contributed by atoms with Gasteiger partial charge in [0.05, 0.1) is 46.4 Å². The molecule has 0 aliphatic heterocycles. The van der Waals surface area contributed by atoms with E-state index in [4.69, 9.17) is 18.9 Å². The molecule has 0 amide bonds. The first-order chi connectivity index (χ1) is 13.5. The monoisotopic (exact) mass is 393 g/mol. The third kappa shape index (κ3) is 4.64. The zero-order chi connectivity index (χ0) is 20.7. The minimum absolute atomic E-state index is 0.109. The Hall–Kier alpha value is -2.12. The van der Waals surface area contributed by atoms with Gasteiger partial charge in [0, 0.05) is 12.0 Å². The molecule has 0 spiro atoms. The predicted octanol–water partition coefficient (Wildman–Crippen LogP) is 2.13. The minimum Gasteiger partial charge on any atom is -0.497 e. The molecule has 0 unspecified atom stereocenters. The number of benzene rings is 1. The van der Waals surface area contributed by atoms with Crippen molar-refractivity contribution < 1.29 is 28.5 Å². The van der Waals surface area contributed by atoms with Crippen LogP contribution in [0.1, 0.15) is 19.4 Å². The van der Waals surface area contributed by atoms with Crippen molar-refractivity contribution in [2.45, 2.75) is 26.5 Å². The smallest absolute Gasteiger partial charge is 0.311 e. The Morgan fingerprint density at radius 1 is 0.929 bits per heavy atom. The van der Waals surface area contributed by atoms with Crippen molar-refractivity contribution >= 4 is 11.9 Å². The summed E-state index contributed by atoms with van der Waals surface area (Å²) in [5, 5.41) is 0. The molecule has 7 nitrogen and oxygen atoms in total. The molecule has 0 aromatic heterocycles.